The van der Waals surface area contributed by atoms with Gasteiger partial charge in [-0.2, -0.15) is 0 Å². The molecule has 6 nitrogen and oxygen atoms in total. The molecular formula is C28H28FN3O3. The summed E-state index contributed by atoms with van der Waals surface area (Å²) in [6.45, 7) is 5.31. The molecule has 0 amide bonds. The SMILES string of the molecule is O=C(c1ccccc1)c1ccc2c(c1)oc(=O)n2CCCCN1CCN(c2ccc(F)cc2)CC1. The van der Waals surface area contributed by atoms with E-state index in [0.29, 0.717) is 28.8 Å². The Morgan fingerprint density at radius 1 is 0.829 bits per heavy atom. The Bertz CT molecular complexity index is 1350. The van der Waals surface area contributed by atoms with Crippen molar-refractivity contribution in [3.05, 3.63) is 100 Å². The van der Waals surface area contributed by atoms with E-state index in [1.54, 1.807) is 34.9 Å². The van der Waals surface area contributed by atoms with E-state index in [1.807, 2.05) is 30.3 Å². The Kier molecular flexibility index (Phi) is 6.77. The number of anilines is 1. The number of carbonyl (C=O) groups excluding carboxylic acids is 1. The molecule has 0 saturated carbocycles. The Hall–Kier alpha value is -3.71. The van der Waals surface area contributed by atoms with Gasteiger partial charge in [0.1, 0.15) is 5.82 Å². The molecule has 0 spiro atoms. The maximum atomic E-state index is 13.1. The van der Waals surface area contributed by atoms with Gasteiger partial charge in [0.25, 0.3) is 0 Å². The number of oxazole rings is 1. The van der Waals surface area contributed by atoms with Crippen LogP contribution >= 0.6 is 0 Å². The second kappa shape index (κ2) is 10.3. The predicted molar refractivity (Wildman–Crippen MR) is 135 cm³/mol. The highest BCUT2D eigenvalue weighted by molar-refractivity contribution is 6.10. The van der Waals surface area contributed by atoms with Crippen molar-refractivity contribution in [2.75, 3.05) is 37.6 Å². The van der Waals surface area contributed by atoms with Crippen LogP contribution in [0.5, 0.6) is 0 Å². The van der Waals surface area contributed by atoms with Gasteiger partial charge in [-0.05, 0) is 61.9 Å². The van der Waals surface area contributed by atoms with Gasteiger partial charge in [0.15, 0.2) is 11.4 Å². The van der Waals surface area contributed by atoms with Crippen LogP contribution in [-0.4, -0.2) is 48.0 Å². The number of rotatable bonds is 8. The molecule has 1 aromatic heterocycles. The third-order valence-corrected chi connectivity index (χ3v) is 6.64. The van der Waals surface area contributed by atoms with E-state index in [-0.39, 0.29) is 11.6 Å². The number of nitrogens with zero attached hydrogens (tertiary/aromatic N) is 3. The highest BCUT2D eigenvalue weighted by Crippen LogP contribution is 2.19. The Balaban J connectivity index is 1.14. The number of carbonyl (C=O) groups is 1. The summed E-state index contributed by atoms with van der Waals surface area (Å²) in [6, 6.07) is 21.0. The molecule has 0 radical (unpaired) electrons. The predicted octanol–water partition coefficient (Wildman–Crippen LogP) is 4.57. The van der Waals surface area contributed by atoms with E-state index < -0.39 is 5.76 Å². The third kappa shape index (κ3) is 5.20. The van der Waals surface area contributed by atoms with Crippen molar-refractivity contribution in [3.63, 3.8) is 0 Å². The quantitative estimate of drug-likeness (QED) is 0.277. The molecule has 1 saturated heterocycles. The van der Waals surface area contributed by atoms with Crippen molar-refractivity contribution < 1.29 is 13.6 Å². The highest BCUT2D eigenvalue weighted by atomic mass is 19.1. The van der Waals surface area contributed by atoms with Gasteiger partial charge in [0, 0.05) is 49.5 Å². The zero-order valence-corrected chi connectivity index (χ0v) is 19.5. The lowest BCUT2D eigenvalue weighted by atomic mass is 10.0. The van der Waals surface area contributed by atoms with Gasteiger partial charge in [0.05, 0.1) is 5.52 Å². The molecule has 0 aliphatic carbocycles. The molecule has 0 N–H and O–H groups in total. The standard InChI is InChI=1S/C28H28FN3O3/c29-23-9-11-24(12-10-23)31-18-16-30(17-19-31)14-4-5-15-32-25-13-8-22(20-26(25)35-28(32)34)27(33)21-6-2-1-3-7-21/h1-3,6-13,20H,4-5,14-19H2. The van der Waals surface area contributed by atoms with Gasteiger partial charge in [-0.25, -0.2) is 9.18 Å². The van der Waals surface area contributed by atoms with E-state index in [2.05, 4.69) is 9.80 Å². The van der Waals surface area contributed by atoms with Crippen LogP contribution in [0.25, 0.3) is 11.1 Å². The largest absolute Gasteiger partial charge is 0.419 e. The minimum atomic E-state index is -0.391. The molecule has 7 heteroatoms. The fourth-order valence-corrected chi connectivity index (χ4v) is 4.66. The summed E-state index contributed by atoms with van der Waals surface area (Å²) in [5.74, 6) is -0.697. The van der Waals surface area contributed by atoms with E-state index in [0.717, 1.165) is 51.3 Å². The average molecular weight is 474 g/mol. The van der Waals surface area contributed by atoms with Crippen LogP contribution in [0, 0.1) is 5.82 Å². The van der Waals surface area contributed by atoms with Crippen LogP contribution < -0.4 is 10.7 Å². The normalized spacial score (nSPS) is 14.5. The second-order valence-corrected chi connectivity index (χ2v) is 8.91. The second-order valence-electron chi connectivity index (χ2n) is 8.91. The molecular weight excluding hydrogens is 445 g/mol. The van der Waals surface area contributed by atoms with Gasteiger partial charge in [-0.15, -0.1) is 0 Å². The minimum absolute atomic E-state index is 0.0950. The molecule has 4 aromatic rings. The third-order valence-electron chi connectivity index (χ3n) is 6.64. The summed E-state index contributed by atoms with van der Waals surface area (Å²) in [4.78, 5) is 29.9. The van der Waals surface area contributed by atoms with Crippen LogP contribution in [0.15, 0.2) is 82.0 Å². The zero-order valence-electron chi connectivity index (χ0n) is 19.5. The molecule has 1 fully saturated rings. The van der Waals surface area contributed by atoms with Crippen molar-refractivity contribution in [2.45, 2.75) is 19.4 Å². The van der Waals surface area contributed by atoms with E-state index in [4.69, 9.17) is 4.42 Å². The summed E-state index contributed by atoms with van der Waals surface area (Å²) in [5.41, 5.74) is 3.32. The summed E-state index contributed by atoms with van der Waals surface area (Å²) in [7, 11) is 0. The maximum Gasteiger partial charge on any atom is 0.419 e. The molecule has 1 aliphatic heterocycles. The lowest BCUT2D eigenvalue weighted by Crippen LogP contribution is -2.46. The lowest BCUT2D eigenvalue weighted by Gasteiger charge is -2.36. The van der Waals surface area contributed by atoms with Crippen LogP contribution in [0.1, 0.15) is 28.8 Å². The number of hydrogen-bond acceptors (Lipinski definition) is 5. The smallest absolute Gasteiger partial charge is 0.408 e. The molecule has 2 heterocycles. The minimum Gasteiger partial charge on any atom is -0.408 e. The lowest BCUT2D eigenvalue weighted by molar-refractivity contribution is 0.103. The topological polar surface area (TPSA) is 58.7 Å². The first-order valence-corrected chi connectivity index (χ1v) is 12.0. The van der Waals surface area contributed by atoms with Crippen LogP contribution in [0.3, 0.4) is 0 Å². The maximum absolute atomic E-state index is 13.1. The van der Waals surface area contributed by atoms with Crippen molar-refractivity contribution >= 4 is 22.6 Å². The summed E-state index contributed by atoms with van der Waals surface area (Å²) < 4.78 is 20.2. The van der Waals surface area contributed by atoms with Crippen LogP contribution in [-0.2, 0) is 6.54 Å². The fraction of sp³-hybridized carbons (Fsp3) is 0.286. The monoisotopic (exact) mass is 473 g/mol. The first-order valence-electron chi connectivity index (χ1n) is 12.0. The van der Waals surface area contributed by atoms with Gasteiger partial charge in [-0.3, -0.25) is 14.3 Å². The van der Waals surface area contributed by atoms with E-state index in [9.17, 15) is 14.0 Å². The van der Waals surface area contributed by atoms with Crippen molar-refractivity contribution in [3.8, 4) is 0 Å². The Morgan fingerprint density at radius 3 is 2.29 bits per heavy atom. The van der Waals surface area contributed by atoms with Gasteiger partial charge < -0.3 is 9.32 Å². The number of halogens is 1. The Morgan fingerprint density at radius 2 is 1.54 bits per heavy atom. The molecule has 0 unspecified atom stereocenters. The number of ketones is 1. The molecule has 35 heavy (non-hydrogen) atoms. The fourth-order valence-electron chi connectivity index (χ4n) is 4.66. The van der Waals surface area contributed by atoms with Crippen LogP contribution in [0.2, 0.25) is 0 Å². The Labute approximate surface area is 203 Å². The van der Waals surface area contributed by atoms with Gasteiger partial charge in [0.2, 0.25) is 0 Å². The zero-order chi connectivity index (χ0) is 24.2. The summed E-state index contributed by atoms with van der Waals surface area (Å²) in [5, 5.41) is 0. The van der Waals surface area contributed by atoms with Crippen LogP contribution in [0.4, 0.5) is 10.1 Å². The number of unbranched alkanes of at least 4 members (excludes halogenated alkanes) is 1. The number of benzene rings is 3. The van der Waals surface area contributed by atoms with E-state index >= 15 is 0 Å². The summed E-state index contributed by atoms with van der Waals surface area (Å²) >= 11 is 0. The van der Waals surface area contributed by atoms with E-state index in [1.165, 1.54) is 12.1 Å². The molecule has 1 aliphatic rings. The molecule has 180 valence electrons. The van der Waals surface area contributed by atoms with Crippen molar-refractivity contribution in [2.24, 2.45) is 0 Å². The molecule has 0 atom stereocenters. The molecule has 3 aromatic carbocycles. The molecule has 5 rings (SSSR count). The van der Waals surface area contributed by atoms with Gasteiger partial charge >= 0.3 is 5.76 Å². The number of fused-ring (bicyclic) bond motifs is 1. The first-order chi connectivity index (χ1) is 17.1. The number of aromatic nitrogens is 1. The number of aryl methyl sites for hydroxylation is 1. The van der Waals surface area contributed by atoms with Crippen molar-refractivity contribution in [1.82, 2.24) is 9.47 Å². The molecule has 0 bridgehead atoms. The number of hydrogen-bond donors (Lipinski definition) is 0. The van der Waals surface area contributed by atoms with Crippen molar-refractivity contribution in [1.29, 1.82) is 0 Å². The average Bonchev–Trinajstić information content (AvgIpc) is 3.21. The van der Waals surface area contributed by atoms with Gasteiger partial charge in [-0.1, -0.05) is 30.3 Å². The summed E-state index contributed by atoms with van der Waals surface area (Å²) in [6.07, 6.45) is 1.83. The highest BCUT2D eigenvalue weighted by Gasteiger charge is 2.17. The number of piperazine rings is 1. The first kappa shape index (κ1) is 23.1.